The number of halogens is 3. The molecule has 8 heteroatoms. The zero-order valence-corrected chi connectivity index (χ0v) is 14.0. The molecule has 1 aliphatic carbocycles. The molecule has 1 atom stereocenters. The van der Waals surface area contributed by atoms with Crippen molar-refractivity contribution in [3.8, 4) is 0 Å². The van der Waals surface area contributed by atoms with Crippen LogP contribution in [0.15, 0.2) is 18.2 Å². The standard InChI is InChI=1S/C17H14F3NO3S/c1-8(16(22)21-11-6-5-10(18)14(19)15(11)20)24-17(23)13-7-9-3-2-4-12(9)25-13/h5-8H,2-4H2,1H3,(H,21,22). The maximum absolute atomic E-state index is 13.6. The number of hydrogen-bond acceptors (Lipinski definition) is 4. The number of amides is 1. The van der Waals surface area contributed by atoms with Crippen LogP contribution in [0.3, 0.4) is 0 Å². The van der Waals surface area contributed by atoms with E-state index in [2.05, 4.69) is 5.32 Å². The van der Waals surface area contributed by atoms with Crippen molar-refractivity contribution in [1.29, 1.82) is 0 Å². The molecule has 1 N–H and O–H groups in total. The molecule has 0 aliphatic heterocycles. The van der Waals surface area contributed by atoms with Gasteiger partial charge in [-0.05, 0) is 49.9 Å². The Balaban J connectivity index is 1.64. The minimum Gasteiger partial charge on any atom is -0.448 e. The van der Waals surface area contributed by atoms with Gasteiger partial charge >= 0.3 is 5.97 Å². The molecule has 25 heavy (non-hydrogen) atoms. The van der Waals surface area contributed by atoms with E-state index in [-0.39, 0.29) is 0 Å². The van der Waals surface area contributed by atoms with Gasteiger partial charge in [0.05, 0.1) is 5.69 Å². The van der Waals surface area contributed by atoms with E-state index >= 15 is 0 Å². The van der Waals surface area contributed by atoms with Crippen LogP contribution in [-0.2, 0) is 22.4 Å². The van der Waals surface area contributed by atoms with E-state index in [1.54, 1.807) is 6.07 Å². The Bertz CT molecular complexity index is 828. The van der Waals surface area contributed by atoms with Crippen molar-refractivity contribution in [3.05, 3.63) is 51.0 Å². The van der Waals surface area contributed by atoms with Crippen LogP contribution in [0.25, 0.3) is 0 Å². The number of thiophene rings is 1. The van der Waals surface area contributed by atoms with Crippen LogP contribution in [0.5, 0.6) is 0 Å². The first-order chi connectivity index (χ1) is 11.9. The molecule has 1 aromatic carbocycles. The maximum atomic E-state index is 13.6. The van der Waals surface area contributed by atoms with Crippen LogP contribution in [0.4, 0.5) is 18.9 Å². The fourth-order valence-electron chi connectivity index (χ4n) is 2.56. The topological polar surface area (TPSA) is 55.4 Å². The minimum absolute atomic E-state index is 0.406. The lowest BCUT2D eigenvalue weighted by atomic mass is 10.2. The largest absolute Gasteiger partial charge is 0.448 e. The van der Waals surface area contributed by atoms with Gasteiger partial charge in [-0.2, -0.15) is 0 Å². The van der Waals surface area contributed by atoms with Gasteiger partial charge in [-0.25, -0.2) is 18.0 Å². The lowest BCUT2D eigenvalue weighted by molar-refractivity contribution is -0.123. The number of rotatable bonds is 4. The number of fused-ring (bicyclic) bond motifs is 1. The third-order valence-electron chi connectivity index (χ3n) is 3.89. The Kier molecular flexibility index (Phi) is 4.80. The molecule has 3 rings (SSSR count). The summed E-state index contributed by atoms with van der Waals surface area (Å²) in [6.07, 6.45) is 1.69. The second-order valence-electron chi connectivity index (χ2n) is 5.67. The fraction of sp³-hybridized carbons (Fsp3) is 0.294. The predicted molar refractivity (Wildman–Crippen MR) is 86.2 cm³/mol. The first-order valence-electron chi connectivity index (χ1n) is 7.63. The molecular weight excluding hydrogens is 355 g/mol. The van der Waals surface area contributed by atoms with E-state index in [1.165, 1.54) is 18.3 Å². The molecule has 1 heterocycles. The van der Waals surface area contributed by atoms with Gasteiger partial charge in [0, 0.05) is 4.88 Å². The highest BCUT2D eigenvalue weighted by Crippen LogP contribution is 2.31. The molecule has 1 unspecified atom stereocenters. The Labute approximate surface area is 145 Å². The number of aryl methyl sites for hydroxylation is 2. The predicted octanol–water partition coefficient (Wildman–Crippen LogP) is 3.84. The molecule has 0 saturated heterocycles. The van der Waals surface area contributed by atoms with Crippen LogP contribution in [0.1, 0.15) is 33.5 Å². The van der Waals surface area contributed by atoms with Crippen molar-refractivity contribution in [1.82, 2.24) is 0 Å². The van der Waals surface area contributed by atoms with E-state index in [0.717, 1.165) is 35.8 Å². The average molecular weight is 369 g/mol. The molecule has 1 aliphatic rings. The second-order valence-corrected chi connectivity index (χ2v) is 6.81. The van der Waals surface area contributed by atoms with Crippen LogP contribution in [-0.4, -0.2) is 18.0 Å². The smallest absolute Gasteiger partial charge is 0.349 e. The van der Waals surface area contributed by atoms with Crippen molar-refractivity contribution in [2.24, 2.45) is 0 Å². The molecule has 0 fully saturated rings. The normalized spacial score (nSPS) is 14.1. The van der Waals surface area contributed by atoms with Crippen molar-refractivity contribution < 1.29 is 27.5 Å². The third kappa shape index (κ3) is 3.53. The molecule has 132 valence electrons. The van der Waals surface area contributed by atoms with E-state index in [9.17, 15) is 22.8 Å². The molecule has 4 nitrogen and oxygen atoms in total. The zero-order valence-electron chi connectivity index (χ0n) is 13.2. The Hall–Kier alpha value is -2.35. The van der Waals surface area contributed by atoms with Crippen molar-refractivity contribution in [2.75, 3.05) is 5.32 Å². The van der Waals surface area contributed by atoms with Gasteiger partial charge < -0.3 is 10.1 Å². The fourth-order valence-corrected chi connectivity index (χ4v) is 3.70. The second kappa shape index (κ2) is 6.87. The molecule has 0 radical (unpaired) electrons. The zero-order chi connectivity index (χ0) is 18.1. The quantitative estimate of drug-likeness (QED) is 0.658. The molecule has 1 aromatic heterocycles. The monoisotopic (exact) mass is 369 g/mol. The van der Waals surface area contributed by atoms with Crippen LogP contribution >= 0.6 is 11.3 Å². The Morgan fingerprint density at radius 3 is 2.68 bits per heavy atom. The summed E-state index contributed by atoms with van der Waals surface area (Å²) in [5.74, 6) is -6.05. The number of carbonyl (C=O) groups excluding carboxylic acids is 2. The third-order valence-corrected chi connectivity index (χ3v) is 5.11. The summed E-state index contributed by atoms with van der Waals surface area (Å²) < 4.78 is 44.7. The SMILES string of the molecule is CC(OC(=O)c1cc2c(s1)CCC2)C(=O)Nc1ccc(F)c(F)c1F. The van der Waals surface area contributed by atoms with Gasteiger partial charge in [0.1, 0.15) is 4.88 Å². The highest BCUT2D eigenvalue weighted by molar-refractivity contribution is 7.14. The lowest BCUT2D eigenvalue weighted by Crippen LogP contribution is -2.30. The minimum atomic E-state index is -1.68. The molecule has 2 aromatic rings. The number of esters is 1. The lowest BCUT2D eigenvalue weighted by Gasteiger charge is -2.13. The van der Waals surface area contributed by atoms with Crippen LogP contribution in [0.2, 0.25) is 0 Å². The summed E-state index contributed by atoms with van der Waals surface area (Å²) in [6.45, 7) is 1.31. The molecule has 1 amide bonds. The first-order valence-corrected chi connectivity index (χ1v) is 8.45. The van der Waals surface area contributed by atoms with E-state index in [1.807, 2.05) is 0 Å². The summed E-state index contributed by atoms with van der Waals surface area (Å²) in [6, 6.07) is 3.34. The summed E-state index contributed by atoms with van der Waals surface area (Å²) in [7, 11) is 0. The summed E-state index contributed by atoms with van der Waals surface area (Å²) in [4.78, 5) is 25.7. The number of anilines is 1. The molecule has 0 saturated carbocycles. The first kappa shape index (κ1) is 17.5. The van der Waals surface area contributed by atoms with E-state index < -0.39 is 41.1 Å². The number of hydrogen-bond donors (Lipinski definition) is 1. The number of ether oxygens (including phenoxy) is 1. The van der Waals surface area contributed by atoms with Crippen molar-refractivity contribution in [3.63, 3.8) is 0 Å². The summed E-state index contributed by atoms with van der Waals surface area (Å²) >= 11 is 1.34. The van der Waals surface area contributed by atoms with Gasteiger partial charge in [0.15, 0.2) is 23.6 Å². The van der Waals surface area contributed by atoms with E-state index in [4.69, 9.17) is 4.74 Å². The number of benzene rings is 1. The van der Waals surface area contributed by atoms with Gasteiger partial charge in [-0.15, -0.1) is 11.3 Å². The number of carbonyl (C=O) groups is 2. The van der Waals surface area contributed by atoms with E-state index in [0.29, 0.717) is 10.9 Å². The maximum Gasteiger partial charge on any atom is 0.349 e. The van der Waals surface area contributed by atoms with Crippen molar-refractivity contribution in [2.45, 2.75) is 32.3 Å². The van der Waals surface area contributed by atoms with Crippen LogP contribution < -0.4 is 5.32 Å². The average Bonchev–Trinajstić information content (AvgIpc) is 3.17. The molecule has 0 spiro atoms. The van der Waals surface area contributed by atoms with Crippen molar-refractivity contribution >= 4 is 28.9 Å². The highest BCUT2D eigenvalue weighted by atomic mass is 32.1. The Morgan fingerprint density at radius 1 is 1.20 bits per heavy atom. The van der Waals surface area contributed by atoms with Gasteiger partial charge in [0.25, 0.3) is 5.91 Å². The molecular formula is C17H14F3NO3S. The molecule has 0 bridgehead atoms. The van der Waals surface area contributed by atoms with Gasteiger partial charge in [-0.3, -0.25) is 4.79 Å². The van der Waals surface area contributed by atoms with Gasteiger partial charge in [-0.1, -0.05) is 0 Å². The van der Waals surface area contributed by atoms with Crippen LogP contribution in [0, 0.1) is 17.5 Å². The summed E-state index contributed by atoms with van der Waals surface area (Å²) in [5.41, 5.74) is 0.597. The van der Waals surface area contributed by atoms with Gasteiger partial charge in [0.2, 0.25) is 0 Å². The Morgan fingerprint density at radius 2 is 1.96 bits per heavy atom. The summed E-state index contributed by atoms with van der Waals surface area (Å²) in [5, 5.41) is 2.08. The highest BCUT2D eigenvalue weighted by Gasteiger charge is 2.24. The number of nitrogens with one attached hydrogen (secondary N) is 1.